The fourth-order valence-electron chi connectivity index (χ4n) is 1.74. The molecule has 0 bridgehead atoms. The molecule has 0 unspecified atom stereocenters. The van der Waals surface area contributed by atoms with Crippen LogP contribution in [0, 0.1) is 5.82 Å². The fraction of sp³-hybridized carbons (Fsp3) is 0.125. The Bertz CT molecular complexity index is 608. The second kappa shape index (κ2) is 7.19. The Balaban J connectivity index is 1.90. The molecular weight excluding hydrogens is 269 g/mol. The first kappa shape index (κ1) is 14.7. The van der Waals surface area contributed by atoms with Crippen LogP contribution >= 0.6 is 0 Å². The summed E-state index contributed by atoms with van der Waals surface area (Å²) in [5, 5.41) is 5.79. The lowest BCUT2D eigenvalue weighted by Gasteiger charge is -2.07. The predicted octanol–water partition coefficient (Wildman–Crippen LogP) is 3.00. The van der Waals surface area contributed by atoms with Crippen LogP contribution in [-0.2, 0) is 11.2 Å². The average Bonchev–Trinajstić information content (AvgIpc) is 2.49. The number of anilines is 2. The van der Waals surface area contributed by atoms with Gasteiger partial charge >= 0.3 is 0 Å². The number of halogens is 1. The molecule has 0 spiro atoms. The van der Waals surface area contributed by atoms with Gasteiger partial charge in [0.1, 0.15) is 11.6 Å². The summed E-state index contributed by atoms with van der Waals surface area (Å²) in [6, 6.07) is 9.40. The summed E-state index contributed by atoms with van der Waals surface area (Å²) in [6.45, 7) is 4.24. The normalized spacial score (nSPS) is 9.95. The van der Waals surface area contributed by atoms with Gasteiger partial charge in [-0.2, -0.15) is 0 Å². The molecule has 21 heavy (non-hydrogen) atoms. The molecule has 0 aliphatic carbocycles. The lowest BCUT2D eigenvalue weighted by atomic mass is 10.1. The van der Waals surface area contributed by atoms with Crippen LogP contribution < -0.4 is 10.6 Å². The quantitative estimate of drug-likeness (QED) is 0.802. The third-order valence-electron chi connectivity index (χ3n) is 2.75. The lowest BCUT2D eigenvalue weighted by Crippen LogP contribution is -2.14. The van der Waals surface area contributed by atoms with E-state index in [1.54, 1.807) is 36.5 Å². The summed E-state index contributed by atoms with van der Waals surface area (Å²) in [4.78, 5) is 16.0. The number of rotatable bonds is 6. The molecule has 1 aromatic heterocycles. The number of carbonyl (C=O) groups is 1. The van der Waals surface area contributed by atoms with Crippen molar-refractivity contribution in [2.24, 2.45) is 0 Å². The van der Waals surface area contributed by atoms with Crippen molar-refractivity contribution in [1.82, 2.24) is 4.98 Å². The second-order valence-electron chi connectivity index (χ2n) is 4.45. The first-order chi connectivity index (χ1) is 10.2. The maximum atomic E-state index is 12.8. The van der Waals surface area contributed by atoms with Crippen LogP contribution in [0.4, 0.5) is 15.9 Å². The molecule has 4 nitrogen and oxygen atoms in total. The highest BCUT2D eigenvalue weighted by atomic mass is 19.1. The SMILES string of the molecule is C=CCNc1ccc(NC(=O)Cc2ccc(F)cc2)cn1. The molecule has 0 aliphatic rings. The van der Waals surface area contributed by atoms with Crippen molar-refractivity contribution in [3.63, 3.8) is 0 Å². The first-order valence-corrected chi connectivity index (χ1v) is 6.52. The molecule has 108 valence electrons. The minimum atomic E-state index is -0.314. The highest BCUT2D eigenvalue weighted by Gasteiger charge is 2.05. The zero-order chi connectivity index (χ0) is 15.1. The number of hydrogen-bond donors (Lipinski definition) is 2. The van der Waals surface area contributed by atoms with Gasteiger partial charge in [-0.3, -0.25) is 4.79 Å². The molecule has 0 atom stereocenters. The van der Waals surface area contributed by atoms with Gasteiger partial charge in [0.25, 0.3) is 0 Å². The summed E-state index contributed by atoms with van der Waals surface area (Å²) in [5.74, 6) is 0.229. The van der Waals surface area contributed by atoms with Gasteiger partial charge in [-0.1, -0.05) is 18.2 Å². The smallest absolute Gasteiger partial charge is 0.228 e. The van der Waals surface area contributed by atoms with Crippen LogP contribution in [0.15, 0.2) is 55.3 Å². The van der Waals surface area contributed by atoms with Crippen LogP contribution in [0.3, 0.4) is 0 Å². The van der Waals surface area contributed by atoms with Crippen molar-refractivity contribution in [1.29, 1.82) is 0 Å². The van der Waals surface area contributed by atoms with Crippen LogP contribution in [0.1, 0.15) is 5.56 Å². The molecule has 0 fully saturated rings. The van der Waals surface area contributed by atoms with Crippen molar-refractivity contribution < 1.29 is 9.18 Å². The van der Waals surface area contributed by atoms with Gasteiger partial charge in [-0.15, -0.1) is 6.58 Å². The van der Waals surface area contributed by atoms with Gasteiger partial charge < -0.3 is 10.6 Å². The number of benzene rings is 1. The number of aromatic nitrogens is 1. The molecule has 1 aromatic carbocycles. The van der Waals surface area contributed by atoms with Gasteiger partial charge in [0, 0.05) is 6.54 Å². The van der Waals surface area contributed by atoms with Crippen molar-refractivity contribution in [2.75, 3.05) is 17.2 Å². The Hall–Kier alpha value is -2.69. The summed E-state index contributed by atoms with van der Waals surface area (Å²) < 4.78 is 12.8. The molecule has 1 amide bonds. The Morgan fingerprint density at radius 1 is 1.24 bits per heavy atom. The molecular formula is C16H16FN3O. The standard InChI is InChI=1S/C16H16FN3O/c1-2-9-18-15-8-7-14(11-19-15)20-16(21)10-12-3-5-13(17)6-4-12/h2-8,11H,1,9-10H2,(H,18,19)(H,20,21). The molecule has 5 heteroatoms. The monoisotopic (exact) mass is 285 g/mol. The minimum absolute atomic E-state index is 0.171. The third-order valence-corrected chi connectivity index (χ3v) is 2.75. The van der Waals surface area contributed by atoms with Gasteiger partial charge in [-0.25, -0.2) is 9.37 Å². The molecule has 0 saturated carbocycles. The first-order valence-electron chi connectivity index (χ1n) is 6.52. The summed E-state index contributed by atoms with van der Waals surface area (Å²) in [7, 11) is 0. The minimum Gasteiger partial charge on any atom is -0.367 e. The topological polar surface area (TPSA) is 54.0 Å². The summed E-state index contributed by atoms with van der Waals surface area (Å²) >= 11 is 0. The van der Waals surface area contributed by atoms with E-state index in [1.165, 1.54) is 12.1 Å². The van der Waals surface area contributed by atoms with E-state index in [2.05, 4.69) is 22.2 Å². The molecule has 1 heterocycles. The Kier molecular flexibility index (Phi) is 5.04. The van der Waals surface area contributed by atoms with E-state index in [0.717, 1.165) is 5.56 Å². The van der Waals surface area contributed by atoms with E-state index in [9.17, 15) is 9.18 Å². The largest absolute Gasteiger partial charge is 0.367 e. The van der Waals surface area contributed by atoms with Gasteiger partial charge in [0.15, 0.2) is 0 Å². The lowest BCUT2D eigenvalue weighted by molar-refractivity contribution is -0.115. The van der Waals surface area contributed by atoms with Crippen molar-refractivity contribution in [2.45, 2.75) is 6.42 Å². The van der Waals surface area contributed by atoms with E-state index >= 15 is 0 Å². The van der Waals surface area contributed by atoms with E-state index in [0.29, 0.717) is 18.1 Å². The average molecular weight is 285 g/mol. The Morgan fingerprint density at radius 2 is 2.00 bits per heavy atom. The van der Waals surface area contributed by atoms with Gasteiger partial charge in [0.05, 0.1) is 18.3 Å². The van der Waals surface area contributed by atoms with Gasteiger partial charge in [0.2, 0.25) is 5.91 Å². The zero-order valence-corrected chi connectivity index (χ0v) is 11.5. The highest BCUT2D eigenvalue weighted by molar-refractivity contribution is 5.92. The number of carbonyl (C=O) groups excluding carboxylic acids is 1. The molecule has 2 rings (SSSR count). The van der Waals surface area contributed by atoms with Crippen molar-refractivity contribution >= 4 is 17.4 Å². The van der Waals surface area contributed by atoms with E-state index in [4.69, 9.17) is 0 Å². The Labute approximate surface area is 122 Å². The van der Waals surface area contributed by atoms with Crippen LogP contribution in [0.2, 0.25) is 0 Å². The second-order valence-corrected chi connectivity index (χ2v) is 4.45. The van der Waals surface area contributed by atoms with E-state index < -0.39 is 0 Å². The highest BCUT2D eigenvalue weighted by Crippen LogP contribution is 2.11. The number of amides is 1. The maximum absolute atomic E-state index is 12.8. The van der Waals surface area contributed by atoms with Crippen molar-refractivity contribution in [3.8, 4) is 0 Å². The number of pyridine rings is 1. The molecule has 2 aromatic rings. The fourth-order valence-corrected chi connectivity index (χ4v) is 1.74. The molecule has 2 N–H and O–H groups in total. The van der Waals surface area contributed by atoms with Crippen molar-refractivity contribution in [3.05, 3.63) is 66.6 Å². The maximum Gasteiger partial charge on any atom is 0.228 e. The number of hydrogen-bond acceptors (Lipinski definition) is 3. The predicted molar refractivity (Wildman–Crippen MR) is 81.7 cm³/mol. The molecule has 0 saturated heterocycles. The van der Waals surface area contributed by atoms with E-state index in [1.807, 2.05) is 0 Å². The van der Waals surface area contributed by atoms with Gasteiger partial charge in [-0.05, 0) is 29.8 Å². The Morgan fingerprint density at radius 3 is 2.62 bits per heavy atom. The third kappa shape index (κ3) is 4.72. The van der Waals surface area contributed by atoms with Crippen LogP contribution in [0.25, 0.3) is 0 Å². The zero-order valence-electron chi connectivity index (χ0n) is 11.5. The molecule has 0 radical (unpaired) electrons. The number of nitrogens with one attached hydrogen (secondary N) is 2. The van der Waals surface area contributed by atoms with Crippen LogP contribution in [-0.4, -0.2) is 17.4 Å². The molecule has 0 aliphatic heterocycles. The summed E-state index contributed by atoms with van der Waals surface area (Å²) in [6.07, 6.45) is 3.50. The van der Waals surface area contributed by atoms with Crippen LogP contribution in [0.5, 0.6) is 0 Å². The number of nitrogens with zero attached hydrogens (tertiary/aromatic N) is 1. The summed E-state index contributed by atoms with van der Waals surface area (Å²) in [5.41, 5.74) is 1.37. The van der Waals surface area contributed by atoms with E-state index in [-0.39, 0.29) is 18.1 Å².